The molecule has 0 fully saturated rings. The highest BCUT2D eigenvalue weighted by atomic mass is 35.5. The topological polar surface area (TPSA) is 25.8 Å². The fourth-order valence-electron chi connectivity index (χ4n) is 1.49. The molecule has 2 rings (SSSR count). The number of aromatic nitrogens is 2. The van der Waals surface area contributed by atoms with Crippen LogP contribution in [0.25, 0.3) is 10.2 Å². The molecule has 0 saturated heterocycles. The molecule has 2 aromatic rings. The van der Waals surface area contributed by atoms with Gasteiger partial charge in [0, 0.05) is 10.3 Å². The number of fused-ring (bicyclic) bond motifs is 1. The fraction of sp³-hybridized carbons (Fsp3) is 0.500. The number of thioether (sulfide) groups is 1. The van der Waals surface area contributed by atoms with Crippen molar-refractivity contribution in [1.82, 2.24) is 9.97 Å². The molecule has 0 bridgehead atoms. The van der Waals surface area contributed by atoms with E-state index >= 15 is 0 Å². The molecule has 2 nitrogen and oxygen atoms in total. The highest BCUT2D eigenvalue weighted by Crippen LogP contribution is 2.32. The van der Waals surface area contributed by atoms with Crippen LogP contribution in [0.4, 0.5) is 0 Å². The Hall–Kier alpha value is -0.320. The Balaban J connectivity index is 2.25. The molecule has 17 heavy (non-hydrogen) atoms. The van der Waals surface area contributed by atoms with Gasteiger partial charge in [0.15, 0.2) is 0 Å². The van der Waals surface area contributed by atoms with E-state index < -0.39 is 0 Å². The van der Waals surface area contributed by atoms with Crippen LogP contribution in [0, 0.1) is 12.8 Å². The van der Waals surface area contributed by atoms with Gasteiger partial charge in [-0.25, -0.2) is 9.97 Å². The van der Waals surface area contributed by atoms with Gasteiger partial charge in [-0.3, -0.25) is 0 Å². The lowest BCUT2D eigenvalue weighted by molar-refractivity contribution is 0.632. The van der Waals surface area contributed by atoms with Gasteiger partial charge in [0.2, 0.25) is 5.28 Å². The predicted molar refractivity (Wildman–Crippen MR) is 77.3 cm³/mol. The van der Waals surface area contributed by atoms with E-state index in [4.69, 9.17) is 11.6 Å². The van der Waals surface area contributed by atoms with Crippen molar-refractivity contribution in [1.29, 1.82) is 0 Å². The normalized spacial score (nSPS) is 11.6. The van der Waals surface area contributed by atoms with Crippen LogP contribution in [0.5, 0.6) is 0 Å². The Kier molecular flexibility index (Phi) is 4.28. The SMILES string of the molecule is Cc1cc2c(SCCC(C)C)nc(Cl)nc2s1. The van der Waals surface area contributed by atoms with E-state index in [1.54, 1.807) is 23.1 Å². The standard InChI is InChI=1S/C12H15ClN2S2/c1-7(2)4-5-16-10-9-6-8(3)17-11(9)15-12(13)14-10/h6-7H,4-5H2,1-3H3. The minimum absolute atomic E-state index is 0.353. The molecule has 2 heterocycles. The summed E-state index contributed by atoms with van der Waals surface area (Å²) in [5.74, 6) is 1.80. The third kappa shape index (κ3) is 3.33. The summed E-state index contributed by atoms with van der Waals surface area (Å²) in [6, 6.07) is 2.15. The number of halogens is 1. The molecule has 0 radical (unpaired) electrons. The second-order valence-electron chi connectivity index (χ2n) is 4.40. The highest BCUT2D eigenvalue weighted by molar-refractivity contribution is 7.99. The first-order valence-corrected chi connectivity index (χ1v) is 7.80. The van der Waals surface area contributed by atoms with Crippen molar-refractivity contribution in [2.75, 3.05) is 5.75 Å². The van der Waals surface area contributed by atoms with Crippen LogP contribution in [-0.4, -0.2) is 15.7 Å². The van der Waals surface area contributed by atoms with Crippen LogP contribution in [0.15, 0.2) is 11.1 Å². The minimum atomic E-state index is 0.353. The summed E-state index contributed by atoms with van der Waals surface area (Å²) in [5, 5.41) is 2.52. The molecular formula is C12H15ClN2S2. The van der Waals surface area contributed by atoms with Crippen molar-refractivity contribution in [3.8, 4) is 0 Å². The highest BCUT2D eigenvalue weighted by Gasteiger charge is 2.10. The second kappa shape index (κ2) is 5.55. The van der Waals surface area contributed by atoms with E-state index in [1.165, 1.54) is 11.3 Å². The van der Waals surface area contributed by atoms with Crippen molar-refractivity contribution in [3.05, 3.63) is 16.2 Å². The molecule has 0 aliphatic heterocycles. The zero-order chi connectivity index (χ0) is 12.4. The number of hydrogen-bond donors (Lipinski definition) is 0. The smallest absolute Gasteiger partial charge is 0.211 e. The van der Waals surface area contributed by atoms with Crippen LogP contribution < -0.4 is 0 Å². The molecule has 0 amide bonds. The van der Waals surface area contributed by atoms with E-state index in [9.17, 15) is 0 Å². The van der Waals surface area contributed by atoms with E-state index in [0.29, 0.717) is 5.28 Å². The average molecular weight is 287 g/mol. The van der Waals surface area contributed by atoms with Gasteiger partial charge in [0.25, 0.3) is 0 Å². The molecule has 0 aromatic carbocycles. The zero-order valence-electron chi connectivity index (χ0n) is 10.2. The van der Waals surface area contributed by atoms with Crippen molar-refractivity contribution in [3.63, 3.8) is 0 Å². The van der Waals surface area contributed by atoms with Gasteiger partial charge >= 0.3 is 0 Å². The lowest BCUT2D eigenvalue weighted by atomic mass is 10.2. The molecule has 0 N–H and O–H groups in total. The molecule has 0 spiro atoms. The summed E-state index contributed by atoms with van der Waals surface area (Å²) in [5.41, 5.74) is 0. The zero-order valence-corrected chi connectivity index (χ0v) is 12.5. The Morgan fingerprint density at radius 3 is 2.88 bits per heavy atom. The van der Waals surface area contributed by atoms with E-state index in [2.05, 4.69) is 36.8 Å². The van der Waals surface area contributed by atoms with Gasteiger partial charge in [-0.1, -0.05) is 13.8 Å². The monoisotopic (exact) mass is 286 g/mol. The first-order chi connectivity index (χ1) is 8.06. The summed E-state index contributed by atoms with van der Waals surface area (Å²) in [6.45, 7) is 6.55. The number of rotatable bonds is 4. The van der Waals surface area contributed by atoms with Crippen LogP contribution >= 0.6 is 34.7 Å². The van der Waals surface area contributed by atoms with Gasteiger partial charge in [0.05, 0.1) is 0 Å². The maximum atomic E-state index is 5.95. The Morgan fingerprint density at radius 2 is 2.18 bits per heavy atom. The number of aryl methyl sites for hydroxylation is 1. The molecule has 0 atom stereocenters. The van der Waals surface area contributed by atoms with E-state index in [-0.39, 0.29) is 0 Å². The van der Waals surface area contributed by atoms with Crippen LogP contribution in [0.3, 0.4) is 0 Å². The molecule has 0 saturated carbocycles. The number of hydrogen-bond acceptors (Lipinski definition) is 4. The quantitative estimate of drug-likeness (QED) is 0.459. The van der Waals surface area contributed by atoms with Crippen molar-refractivity contribution < 1.29 is 0 Å². The summed E-state index contributed by atoms with van der Waals surface area (Å²) < 4.78 is 0. The first kappa shape index (κ1) is 13.1. The summed E-state index contributed by atoms with van der Waals surface area (Å²) >= 11 is 9.39. The van der Waals surface area contributed by atoms with E-state index in [0.717, 1.165) is 26.9 Å². The maximum Gasteiger partial charge on any atom is 0.224 e. The largest absolute Gasteiger partial charge is 0.224 e. The summed E-state index contributed by atoms with van der Waals surface area (Å²) in [7, 11) is 0. The third-order valence-corrected chi connectivity index (χ3v) is 4.53. The number of nitrogens with zero attached hydrogens (tertiary/aromatic N) is 2. The first-order valence-electron chi connectivity index (χ1n) is 5.62. The van der Waals surface area contributed by atoms with Crippen LogP contribution in [-0.2, 0) is 0 Å². The predicted octanol–water partition coefficient (Wildman–Crippen LogP) is 4.79. The Labute approximate surface area is 115 Å². The van der Waals surface area contributed by atoms with Crippen molar-refractivity contribution >= 4 is 44.9 Å². The van der Waals surface area contributed by atoms with Crippen molar-refractivity contribution in [2.45, 2.75) is 32.2 Å². The second-order valence-corrected chi connectivity index (χ2v) is 7.06. The van der Waals surface area contributed by atoms with Gasteiger partial charge in [-0.2, -0.15) is 0 Å². The molecule has 0 unspecified atom stereocenters. The molecule has 5 heteroatoms. The molecule has 92 valence electrons. The van der Waals surface area contributed by atoms with Gasteiger partial charge < -0.3 is 0 Å². The minimum Gasteiger partial charge on any atom is -0.211 e. The summed E-state index contributed by atoms with van der Waals surface area (Å²) in [4.78, 5) is 10.8. The van der Waals surface area contributed by atoms with E-state index in [1.807, 2.05) is 0 Å². The molecule has 0 aliphatic carbocycles. The van der Waals surface area contributed by atoms with Crippen molar-refractivity contribution in [2.24, 2.45) is 5.92 Å². The molecular weight excluding hydrogens is 272 g/mol. The Bertz CT molecular complexity index is 522. The molecule has 2 aromatic heterocycles. The lowest BCUT2D eigenvalue weighted by Crippen LogP contribution is -1.92. The summed E-state index contributed by atoms with van der Waals surface area (Å²) in [6.07, 6.45) is 1.19. The Morgan fingerprint density at radius 1 is 1.41 bits per heavy atom. The molecule has 0 aliphatic rings. The third-order valence-electron chi connectivity index (χ3n) is 2.39. The van der Waals surface area contributed by atoms with Crippen LogP contribution in [0.1, 0.15) is 25.1 Å². The maximum absolute atomic E-state index is 5.95. The number of thiophene rings is 1. The van der Waals surface area contributed by atoms with Crippen LogP contribution in [0.2, 0.25) is 5.28 Å². The fourth-order valence-corrected chi connectivity index (χ4v) is 3.95. The van der Waals surface area contributed by atoms with Gasteiger partial charge in [-0.15, -0.1) is 23.1 Å². The van der Waals surface area contributed by atoms with Gasteiger partial charge in [-0.05, 0) is 42.7 Å². The average Bonchev–Trinajstić information content (AvgIpc) is 2.57. The van der Waals surface area contributed by atoms with Gasteiger partial charge in [0.1, 0.15) is 9.86 Å². The lowest BCUT2D eigenvalue weighted by Gasteiger charge is -2.04.